The molecular weight excluding hydrogens is 318 g/mol. The van der Waals surface area contributed by atoms with E-state index in [2.05, 4.69) is 20.6 Å². The molecule has 0 saturated carbocycles. The summed E-state index contributed by atoms with van der Waals surface area (Å²) >= 11 is 3.00. The molecule has 3 aromatic rings. The summed E-state index contributed by atoms with van der Waals surface area (Å²) in [5.74, 6) is -0.0693. The van der Waals surface area contributed by atoms with Crippen LogP contribution in [0.25, 0.3) is 4.96 Å². The second kappa shape index (κ2) is 6.45. The molecule has 3 heterocycles. The van der Waals surface area contributed by atoms with Crippen LogP contribution in [0, 0.1) is 6.92 Å². The molecule has 1 amide bonds. The molecule has 0 spiro atoms. The molecule has 0 atom stereocenters. The largest absolute Gasteiger partial charge is 0.362 e. The number of imidazole rings is 1. The number of hydrogen-bond donors (Lipinski definition) is 2. The molecule has 2 N–H and O–H groups in total. The van der Waals surface area contributed by atoms with Gasteiger partial charge in [0.15, 0.2) is 10.1 Å². The van der Waals surface area contributed by atoms with E-state index in [9.17, 15) is 4.79 Å². The molecule has 116 valence electrons. The number of hydrogen-bond acceptors (Lipinski definition) is 6. The minimum absolute atomic E-state index is 0.0693. The number of aromatic nitrogens is 3. The van der Waals surface area contributed by atoms with Gasteiger partial charge in [-0.25, -0.2) is 9.97 Å². The Morgan fingerprint density at radius 2 is 2.27 bits per heavy atom. The zero-order valence-corrected chi connectivity index (χ0v) is 14.1. The maximum atomic E-state index is 12.2. The lowest BCUT2D eigenvalue weighted by Gasteiger charge is -2.02. The zero-order valence-electron chi connectivity index (χ0n) is 12.4. The van der Waals surface area contributed by atoms with Gasteiger partial charge in [0.2, 0.25) is 0 Å². The van der Waals surface area contributed by atoms with Crippen LogP contribution in [0.2, 0.25) is 0 Å². The Morgan fingerprint density at radius 3 is 3.05 bits per heavy atom. The third kappa shape index (κ3) is 3.12. The monoisotopic (exact) mass is 335 g/mol. The van der Waals surface area contributed by atoms with Crippen molar-refractivity contribution in [2.45, 2.75) is 20.3 Å². The molecule has 0 fully saturated rings. The molecule has 0 bridgehead atoms. The second-order valence-corrected chi connectivity index (χ2v) is 6.67. The Kier molecular flexibility index (Phi) is 4.39. The molecule has 0 aliphatic heterocycles. The van der Waals surface area contributed by atoms with Crippen molar-refractivity contribution in [3.63, 3.8) is 0 Å². The number of nitrogens with zero attached hydrogens (tertiary/aromatic N) is 3. The van der Waals surface area contributed by atoms with Crippen molar-refractivity contribution < 1.29 is 4.79 Å². The van der Waals surface area contributed by atoms with Gasteiger partial charge in [-0.3, -0.25) is 9.20 Å². The van der Waals surface area contributed by atoms with Crippen LogP contribution in [0.3, 0.4) is 0 Å². The van der Waals surface area contributed by atoms with E-state index in [1.165, 1.54) is 11.3 Å². The highest BCUT2D eigenvalue weighted by Gasteiger charge is 2.14. The predicted molar refractivity (Wildman–Crippen MR) is 90.1 cm³/mol. The molecule has 0 aliphatic carbocycles. The average Bonchev–Trinajstić information content (AvgIpc) is 3.13. The lowest BCUT2D eigenvalue weighted by atomic mass is 10.3. The molecule has 0 unspecified atom stereocenters. The molecule has 8 heteroatoms. The molecule has 3 aromatic heterocycles. The molecule has 6 nitrogen and oxygen atoms in total. The molecule has 0 radical (unpaired) electrons. The average molecular weight is 335 g/mol. The van der Waals surface area contributed by atoms with Gasteiger partial charge in [-0.2, -0.15) is 0 Å². The zero-order chi connectivity index (χ0) is 15.5. The summed E-state index contributed by atoms with van der Waals surface area (Å²) in [4.78, 5) is 22.7. The second-order valence-electron chi connectivity index (χ2n) is 4.79. The molecule has 0 aromatic carbocycles. The van der Waals surface area contributed by atoms with Crippen LogP contribution >= 0.6 is 22.7 Å². The number of carbonyl (C=O) groups is 1. The van der Waals surface area contributed by atoms with Gasteiger partial charge in [0.25, 0.3) is 5.91 Å². The van der Waals surface area contributed by atoms with Crippen LogP contribution in [0.1, 0.15) is 28.0 Å². The van der Waals surface area contributed by atoms with E-state index >= 15 is 0 Å². The van der Waals surface area contributed by atoms with E-state index in [1.807, 2.05) is 36.0 Å². The number of anilines is 1. The fraction of sp³-hybridized carbons (Fsp3) is 0.357. The van der Waals surface area contributed by atoms with Crippen LogP contribution in [-0.2, 0) is 6.42 Å². The van der Waals surface area contributed by atoms with Gasteiger partial charge in [-0.15, -0.1) is 11.3 Å². The molecule has 0 saturated heterocycles. The van der Waals surface area contributed by atoms with E-state index in [4.69, 9.17) is 0 Å². The van der Waals surface area contributed by atoms with Gasteiger partial charge in [-0.05, 0) is 13.8 Å². The van der Waals surface area contributed by atoms with Gasteiger partial charge >= 0.3 is 0 Å². The highest BCUT2D eigenvalue weighted by molar-refractivity contribution is 7.17. The SMILES string of the molecule is CCNc1nc(C)c(C(=O)NCCc2cn3ccsc3n2)s1. The number of thiazole rings is 2. The Bertz CT molecular complexity index is 760. The third-order valence-electron chi connectivity index (χ3n) is 3.14. The summed E-state index contributed by atoms with van der Waals surface area (Å²) in [6, 6.07) is 0. The first-order valence-corrected chi connectivity index (χ1v) is 8.77. The van der Waals surface area contributed by atoms with Crippen LogP contribution in [0.15, 0.2) is 17.8 Å². The van der Waals surface area contributed by atoms with Crippen molar-refractivity contribution in [2.75, 3.05) is 18.4 Å². The van der Waals surface area contributed by atoms with Crippen LogP contribution in [0.5, 0.6) is 0 Å². The van der Waals surface area contributed by atoms with Crippen LogP contribution in [0.4, 0.5) is 5.13 Å². The summed E-state index contributed by atoms with van der Waals surface area (Å²) in [5.41, 5.74) is 1.75. The van der Waals surface area contributed by atoms with Crippen molar-refractivity contribution in [3.8, 4) is 0 Å². The first kappa shape index (κ1) is 15.0. The minimum Gasteiger partial charge on any atom is -0.362 e. The molecular formula is C14H17N5OS2. The summed E-state index contributed by atoms with van der Waals surface area (Å²) in [7, 11) is 0. The first-order valence-electron chi connectivity index (χ1n) is 7.08. The fourth-order valence-electron chi connectivity index (χ4n) is 2.11. The number of aryl methyl sites for hydroxylation is 1. The molecule has 3 rings (SSSR count). The topological polar surface area (TPSA) is 71.3 Å². The number of nitrogens with one attached hydrogen (secondary N) is 2. The van der Waals surface area contributed by atoms with E-state index in [0.717, 1.165) is 34.4 Å². The standard InChI is InChI=1S/C14H17N5OS2/c1-3-15-13-17-9(2)11(22-13)12(20)16-5-4-10-8-19-6-7-21-14(19)18-10/h6-8H,3-5H2,1-2H3,(H,15,17)(H,16,20). The third-order valence-corrected chi connectivity index (χ3v) is 5.03. The van der Waals surface area contributed by atoms with E-state index in [0.29, 0.717) is 11.4 Å². The Labute approximate surface area is 136 Å². The quantitative estimate of drug-likeness (QED) is 0.726. The smallest absolute Gasteiger partial charge is 0.263 e. The van der Waals surface area contributed by atoms with E-state index in [1.54, 1.807) is 11.3 Å². The van der Waals surface area contributed by atoms with Crippen molar-refractivity contribution in [2.24, 2.45) is 0 Å². The van der Waals surface area contributed by atoms with E-state index in [-0.39, 0.29) is 5.91 Å². The Morgan fingerprint density at radius 1 is 1.41 bits per heavy atom. The summed E-state index contributed by atoms with van der Waals surface area (Å²) in [6.07, 6.45) is 4.70. The maximum Gasteiger partial charge on any atom is 0.263 e. The van der Waals surface area contributed by atoms with Gasteiger partial charge in [0, 0.05) is 37.3 Å². The van der Waals surface area contributed by atoms with Gasteiger partial charge in [0.1, 0.15) is 4.88 Å². The highest BCUT2D eigenvalue weighted by Crippen LogP contribution is 2.22. The van der Waals surface area contributed by atoms with Gasteiger partial charge in [-0.1, -0.05) is 11.3 Å². The summed E-state index contributed by atoms with van der Waals surface area (Å²) in [6.45, 7) is 5.23. The molecule has 22 heavy (non-hydrogen) atoms. The number of fused-ring (bicyclic) bond motifs is 1. The summed E-state index contributed by atoms with van der Waals surface area (Å²) in [5, 5.41) is 8.86. The number of amides is 1. The van der Waals surface area contributed by atoms with Crippen molar-refractivity contribution in [1.82, 2.24) is 19.7 Å². The van der Waals surface area contributed by atoms with Crippen molar-refractivity contribution in [1.29, 1.82) is 0 Å². The van der Waals surface area contributed by atoms with Gasteiger partial charge < -0.3 is 10.6 Å². The maximum absolute atomic E-state index is 12.2. The minimum atomic E-state index is -0.0693. The normalized spacial score (nSPS) is 11.0. The van der Waals surface area contributed by atoms with Crippen LogP contribution in [-0.4, -0.2) is 33.4 Å². The molecule has 0 aliphatic rings. The predicted octanol–water partition coefficient (Wildman–Crippen LogP) is 2.57. The number of rotatable bonds is 6. The summed E-state index contributed by atoms with van der Waals surface area (Å²) < 4.78 is 2.00. The van der Waals surface area contributed by atoms with E-state index < -0.39 is 0 Å². The van der Waals surface area contributed by atoms with Crippen molar-refractivity contribution in [3.05, 3.63) is 34.0 Å². The lowest BCUT2D eigenvalue weighted by molar-refractivity contribution is 0.0957. The lowest BCUT2D eigenvalue weighted by Crippen LogP contribution is -2.25. The Hall–Kier alpha value is -1.93. The fourth-order valence-corrected chi connectivity index (χ4v) is 3.78. The highest BCUT2D eigenvalue weighted by atomic mass is 32.1. The van der Waals surface area contributed by atoms with Crippen molar-refractivity contribution >= 4 is 38.7 Å². The first-order chi connectivity index (χ1) is 10.7. The Balaban J connectivity index is 1.56. The van der Waals surface area contributed by atoms with Gasteiger partial charge in [0.05, 0.1) is 11.4 Å². The number of carbonyl (C=O) groups excluding carboxylic acids is 1. The van der Waals surface area contributed by atoms with Crippen LogP contribution < -0.4 is 10.6 Å².